The molecule has 2 heterocycles. The van der Waals surface area contributed by atoms with Crippen LogP contribution < -0.4 is 5.32 Å². The second-order valence-electron chi connectivity index (χ2n) is 1.72. The van der Waals surface area contributed by atoms with E-state index in [1.54, 1.807) is 30.9 Å². The lowest BCUT2D eigenvalue weighted by Gasteiger charge is -1.82. The Balaban J connectivity index is 0.000000112. The standard InChI is InChI=1S/C4H4N2.C3H5NO/c1-2-5-4-6-3-1;1-2-5-3-4-1/h1-4H;1-2,4H,3H2. The second-order valence-corrected chi connectivity index (χ2v) is 1.72. The molecule has 58 valence electrons. The number of nitrogens with zero attached hydrogens (tertiary/aromatic N) is 2. The number of nitrogens with one attached hydrogen (secondary N) is 1. The van der Waals surface area contributed by atoms with E-state index < -0.39 is 0 Å². The summed E-state index contributed by atoms with van der Waals surface area (Å²) in [5, 5.41) is 2.82. The third kappa shape index (κ3) is 3.91. The van der Waals surface area contributed by atoms with E-state index in [-0.39, 0.29) is 0 Å². The highest BCUT2D eigenvalue weighted by atomic mass is 16.5. The first kappa shape index (κ1) is 7.53. The molecule has 2 rings (SSSR count). The molecule has 11 heavy (non-hydrogen) atoms. The van der Waals surface area contributed by atoms with Gasteiger partial charge in [0, 0.05) is 18.6 Å². The first-order valence-electron chi connectivity index (χ1n) is 3.20. The lowest BCUT2D eigenvalue weighted by Crippen LogP contribution is -1.98. The second kappa shape index (κ2) is 5.22. The highest BCUT2D eigenvalue weighted by Crippen LogP contribution is 1.78. The zero-order chi connectivity index (χ0) is 7.78. The largest absolute Gasteiger partial charge is 0.479 e. The maximum atomic E-state index is 4.65. The molecule has 4 heteroatoms. The molecule has 0 amide bonds. The Hall–Kier alpha value is -1.58. The van der Waals surface area contributed by atoms with Crippen LogP contribution in [-0.2, 0) is 4.74 Å². The molecule has 1 aliphatic rings. The summed E-state index contributed by atoms with van der Waals surface area (Å²) >= 11 is 0. The number of ether oxygens (including phenoxy) is 1. The van der Waals surface area contributed by atoms with Crippen molar-refractivity contribution < 1.29 is 4.74 Å². The van der Waals surface area contributed by atoms with Gasteiger partial charge in [-0.05, 0) is 6.07 Å². The quantitative estimate of drug-likeness (QED) is 0.587. The van der Waals surface area contributed by atoms with Crippen molar-refractivity contribution in [2.45, 2.75) is 0 Å². The van der Waals surface area contributed by atoms with Crippen LogP contribution in [0.1, 0.15) is 0 Å². The van der Waals surface area contributed by atoms with Crippen molar-refractivity contribution in [3.63, 3.8) is 0 Å². The van der Waals surface area contributed by atoms with Gasteiger partial charge in [0.1, 0.15) is 12.6 Å². The zero-order valence-electron chi connectivity index (χ0n) is 5.97. The normalized spacial score (nSPS) is 12.4. The molecular weight excluding hydrogens is 142 g/mol. The van der Waals surface area contributed by atoms with Gasteiger partial charge in [0.15, 0.2) is 6.73 Å². The Morgan fingerprint density at radius 1 is 1.27 bits per heavy atom. The van der Waals surface area contributed by atoms with Crippen molar-refractivity contribution in [1.82, 2.24) is 15.3 Å². The van der Waals surface area contributed by atoms with Gasteiger partial charge in [0.2, 0.25) is 0 Å². The van der Waals surface area contributed by atoms with Gasteiger partial charge in [0.05, 0.1) is 0 Å². The van der Waals surface area contributed by atoms with Crippen LogP contribution in [0.25, 0.3) is 0 Å². The summed E-state index contributed by atoms with van der Waals surface area (Å²) in [5.41, 5.74) is 0. The first-order valence-corrected chi connectivity index (χ1v) is 3.20. The van der Waals surface area contributed by atoms with Gasteiger partial charge >= 0.3 is 0 Å². The Kier molecular flexibility index (Phi) is 3.57. The van der Waals surface area contributed by atoms with Crippen LogP contribution in [0, 0.1) is 0 Å². The van der Waals surface area contributed by atoms with E-state index >= 15 is 0 Å². The fraction of sp³-hybridized carbons (Fsp3) is 0.143. The van der Waals surface area contributed by atoms with Crippen molar-refractivity contribution in [2.24, 2.45) is 0 Å². The van der Waals surface area contributed by atoms with E-state index in [2.05, 4.69) is 20.0 Å². The molecule has 0 radical (unpaired) electrons. The van der Waals surface area contributed by atoms with Gasteiger partial charge in [0.25, 0.3) is 0 Å². The van der Waals surface area contributed by atoms with Crippen LogP contribution in [0.2, 0.25) is 0 Å². The fourth-order valence-corrected chi connectivity index (χ4v) is 0.494. The minimum atomic E-state index is 0.639. The molecule has 0 fully saturated rings. The molecule has 0 bridgehead atoms. The first-order chi connectivity index (χ1) is 5.50. The summed E-state index contributed by atoms with van der Waals surface area (Å²) in [6, 6.07) is 1.78. The SMILES string of the molecule is C1=COCN1.c1cncnc1. The van der Waals surface area contributed by atoms with Gasteiger partial charge in [-0.25, -0.2) is 9.97 Å². The number of hydrogen-bond donors (Lipinski definition) is 1. The van der Waals surface area contributed by atoms with Gasteiger partial charge < -0.3 is 10.1 Å². The van der Waals surface area contributed by atoms with Crippen molar-refractivity contribution in [3.05, 3.63) is 37.2 Å². The van der Waals surface area contributed by atoms with Crippen LogP contribution in [0.4, 0.5) is 0 Å². The Bertz CT molecular complexity index is 167. The van der Waals surface area contributed by atoms with E-state index in [0.717, 1.165) is 0 Å². The molecule has 0 atom stereocenters. The predicted octanol–water partition coefficient (Wildman–Crippen LogP) is 0.512. The third-order valence-electron chi connectivity index (χ3n) is 0.926. The van der Waals surface area contributed by atoms with Crippen LogP contribution in [0.3, 0.4) is 0 Å². The molecule has 4 nitrogen and oxygen atoms in total. The number of rotatable bonds is 0. The van der Waals surface area contributed by atoms with Crippen molar-refractivity contribution >= 4 is 0 Å². The van der Waals surface area contributed by atoms with E-state index in [0.29, 0.717) is 6.73 Å². The molecule has 1 aromatic rings. The predicted molar refractivity (Wildman–Crippen MR) is 40.3 cm³/mol. The Morgan fingerprint density at radius 3 is 2.27 bits per heavy atom. The molecule has 1 aliphatic heterocycles. The topological polar surface area (TPSA) is 47.0 Å². The third-order valence-corrected chi connectivity index (χ3v) is 0.926. The fourth-order valence-electron chi connectivity index (χ4n) is 0.494. The monoisotopic (exact) mass is 151 g/mol. The van der Waals surface area contributed by atoms with Gasteiger partial charge in [-0.3, -0.25) is 0 Å². The van der Waals surface area contributed by atoms with Gasteiger partial charge in [-0.1, -0.05) is 0 Å². The number of hydrogen-bond acceptors (Lipinski definition) is 4. The van der Waals surface area contributed by atoms with Crippen molar-refractivity contribution in [3.8, 4) is 0 Å². The molecule has 1 aromatic heterocycles. The average Bonchev–Trinajstić information content (AvgIpc) is 2.64. The highest BCUT2D eigenvalue weighted by Gasteiger charge is 1.79. The van der Waals surface area contributed by atoms with E-state index in [4.69, 9.17) is 0 Å². The number of aromatic nitrogens is 2. The Morgan fingerprint density at radius 2 is 2.09 bits per heavy atom. The summed E-state index contributed by atoms with van der Waals surface area (Å²) in [7, 11) is 0. The van der Waals surface area contributed by atoms with Gasteiger partial charge in [-0.15, -0.1) is 0 Å². The lowest BCUT2D eigenvalue weighted by molar-refractivity contribution is 0.267. The van der Waals surface area contributed by atoms with Crippen LogP contribution in [0.15, 0.2) is 37.2 Å². The molecule has 0 aliphatic carbocycles. The lowest BCUT2D eigenvalue weighted by atomic mass is 10.7. The molecule has 1 N–H and O–H groups in total. The summed E-state index contributed by atoms with van der Waals surface area (Å²) in [4.78, 5) is 7.35. The molecule has 0 spiro atoms. The molecule has 0 saturated carbocycles. The molecule has 0 saturated heterocycles. The van der Waals surface area contributed by atoms with Crippen molar-refractivity contribution in [2.75, 3.05) is 6.73 Å². The van der Waals surface area contributed by atoms with E-state index in [9.17, 15) is 0 Å². The summed E-state index contributed by atoms with van der Waals surface area (Å²) in [6.45, 7) is 0.639. The van der Waals surface area contributed by atoms with Gasteiger partial charge in [-0.2, -0.15) is 0 Å². The van der Waals surface area contributed by atoms with E-state index in [1.165, 1.54) is 6.33 Å². The van der Waals surface area contributed by atoms with Crippen LogP contribution in [-0.4, -0.2) is 16.7 Å². The van der Waals surface area contributed by atoms with Crippen LogP contribution >= 0.6 is 0 Å². The smallest absolute Gasteiger partial charge is 0.157 e. The highest BCUT2D eigenvalue weighted by molar-refractivity contribution is 4.74. The zero-order valence-corrected chi connectivity index (χ0v) is 5.97. The maximum absolute atomic E-state index is 4.65. The Labute approximate surface area is 64.9 Å². The van der Waals surface area contributed by atoms with E-state index in [1.807, 2.05) is 0 Å². The summed E-state index contributed by atoms with van der Waals surface area (Å²) in [5.74, 6) is 0. The molecular formula is C7H9N3O. The molecule has 0 unspecified atom stereocenters. The minimum Gasteiger partial charge on any atom is -0.479 e. The summed E-state index contributed by atoms with van der Waals surface area (Å²) < 4.78 is 4.65. The van der Waals surface area contributed by atoms with Crippen LogP contribution in [0.5, 0.6) is 0 Å². The minimum absolute atomic E-state index is 0.639. The molecule has 0 aromatic carbocycles. The average molecular weight is 151 g/mol. The summed E-state index contributed by atoms with van der Waals surface area (Å²) in [6.07, 6.45) is 8.26. The van der Waals surface area contributed by atoms with Crippen molar-refractivity contribution in [1.29, 1.82) is 0 Å². The maximum Gasteiger partial charge on any atom is 0.157 e.